The minimum absolute atomic E-state index is 0.170. The van der Waals surface area contributed by atoms with Crippen LogP contribution in [-0.4, -0.2) is 25.0 Å². The second-order valence-corrected chi connectivity index (χ2v) is 5.33. The van der Waals surface area contributed by atoms with Gasteiger partial charge in [0.1, 0.15) is 24.7 Å². The number of esters is 1. The fourth-order valence-corrected chi connectivity index (χ4v) is 2.03. The van der Waals surface area contributed by atoms with E-state index in [0.29, 0.717) is 12.2 Å². The lowest BCUT2D eigenvalue weighted by Gasteiger charge is -2.08. The summed E-state index contributed by atoms with van der Waals surface area (Å²) in [4.78, 5) is 23.2. The van der Waals surface area contributed by atoms with Crippen molar-refractivity contribution >= 4 is 11.9 Å². The molecule has 2 aromatic rings. The summed E-state index contributed by atoms with van der Waals surface area (Å²) in [7, 11) is 0. The van der Waals surface area contributed by atoms with Gasteiger partial charge in [0.15, 0.2) is 0 Å². The Hall–Kier alpha value is -2.89. The molecule has 0 aliphatic rings. The van der Waals surface area contributed by atoms with Crippen LogP contribution in [0.15, 0.2) is 54.6 Å². The zero-order valence-corrected chi connectivity index (χ0v) is 13.7. The van der Waals surface area contributed by atoms with Crippen LogP contribution >= 0.6 is 0 Å². The first kappa shape index (κ1) is 18.4. The molecule has 0 unspecified atom stereocenters. The maximum atomic E-state index is 13.0. The number of benzene rings is 2. The molecule has 0 saturated carbocycles. The van der Waals surface area contributed by atoms with E-state index in [1.807, 2.05) is 30.3 Å². The van der Waals surface area contributed by atoms with Crippen LogP contribution in [0.25, 0.3) is 0 Å². The maximum absolute atomic E-state index is 13.0. The Bertz CT molecular complexity index is 691. The van der Waals surface area contributed by atoms with Crippen LogP contribution in [0.3, 0.4) is 0 Å². The summed E-state index contributed by atoms with van der Waals surface area (Å²) in [6.45, 7) is 0.294. The van der Waals surface area contributed by atoms with Crippen molar-refractivity contribution < 1.29 is 23.5 Å². The van der Waals surface area contributed by atoms with Crippen molar-refractivity contribution in [2.24, 2.45) is 0 Å². The van der Waals surface area contributed by atoms with Gasteiger partial charge in [0.2, 0.25) is 5.91 Å². The summed E-state index contributed by atoms with van der Waals surface area (Å²) in [5.74, 6) is -0.707. The highest BCUT2D eigenvalue weighted by Crippen LogP contribution is 2.12. The Morgan fingerprint density at radius 1 is 1.04 bits per heavy atom. The molecule has 25 heavy (non-hydrogen) atoms. The van der Waals surface area contributed by atoms with Gasteiger partial charge in [0, 0.05) is 12.5 Å². The molecular formula is C19H20FNO4. The summed E-state index contributed by atoms with van der Waals surface area (Å²) in [6.07, 6.45) is 0.669. The van der Waals surface area contributed by atoms with Crippen LogP contribution in [0.4, 0.5) is 4.39 Å². The average Bonchev–Trinajstić information content (AvgIpc) is 2.63. The van der Waals surface area contributed by atoms with E-state index in [-0.39, 0.29) is 37.9 Å². The van der Waals surface area contributed by atoms with Gasteiger partial charge in [-0.2, -0.15) is 0 Å². The van der Waals surface area contributed by atoms with Crippen molar-refractivity contribution in [2.75, 3.05) is 13.2 Å². The van der Waals surface area contributed by atoms with Gasteiger partial charge in [-0.3, -0.25) is 9.59 Å². The standard InChI is InChI=1S/C19H20FNO4/c20-16-8-4-9-17(12-16)24-11-5-10-18(22)21-13-19(23)25-14-15-6-2-1-3-7-15/h1-4,6-9,12H,5,10-11,13-14H2,(H,21,22). The van der Waals surface area contributed by atoms with Crippen LogP contribution in [0.5, 0.6) is 5.75 Å². The minimum Gasteiger partial charge on any atom is -0.493 e. The maximum Gasteiger partial charge on any atom is 0.325 e. The Labute approximate surface area is 145 Å². The second-order valence-electron chi connectivity index (χ2n) is 5.33. The molecule has 0 aliphatic carbocycles. The van der Waals surface area contributed by atoms with Crippen molar-refractivity contribution in [2.45, 2.75) is 19.4 Å². The number of rotatable bonds is 9. The van der Waals surface area contributed by atoms with Crippen LogP contribution in [-0.2, 0) is 20.9 Å². The van der Waals surface area contributed by atoms with Crippen molar-refractivity contribution in [3.05, 3.63) is 66.0 Å². The van der Waals surface area contributed by atoms with Crippen molar-refractivity contribution in [3.8, 4) is 5.75 Å². The minimum atomic E-state index is -0.492. The highest BCUT2D eigenvalue weighted by molar-refractivity contribution is 5.81. The smallest absolute Gasteiger partial charge is 0.325 e. The number of halogens is 1. The van der Waals surface area contributed by atoms with Gasteiger partial charge in [-0.25, -0.2) is 4.39 Å². The lowest BCUT2D eigenvalue weighted by Crippen LogP contribution is -2.30. The van der Waals surface area contributed by atoms with E-state index >= 15 is 0 Å². The van der Waals surface area contributed by atoms with Gasteiger partial charge in [-0.05, 0) is 24.1 Å². The molecule has 2 rings (SSSR count). The van der Waals surface area contributed by atoms with Crippen molar-refractivity contribution in [3.63, 3.8) is 0 Å². The molecule has 0 bridgehead atoms. The van der Waals surface area contributed by atoms with Gasteiger partial charge < -0.3 is 14.8 Å². The fraction of sp³-hybridized carbons (Fsp3) is 0.263. The number of carbonyl (C=O) groups excluding carboxylic acids is 2. The SMILES string of the molecule is O=C(CCCOc1cccc(F)c1)NCC(=O)OCc1ccccc1. The first-order valence-corrected chi connectivity index (χ1v) is 7.98. The zero-order chi connectivity index (χ0) is 17.9. The summed E-state index contributed by atoms with van der Waals surface area (Å²) in [5, 5.41) is 2.50. The summed E-state index contributed by atoms with van der Waals surface area (Å²) >= 11 is 0. The molecule has 6 heteroatoms. The Morgan fingerprint density at radius 2 is 1.84 bits per heavy atom. The highest BCUT2D eigenvalue weighted by Gasteiger charge is 2.07. The average molecular weight is 345 g/mol. The van der Waals surface area contributed by atoms with Crippen LogP contribution in [0.2, 0.25) is 0 Å². The van der Waals surface area contributed by atoms with E-state index in [2.05, 4.69) is 5.32 Å². The number of hydrogen-bond donors (Lipinski definition) is 1. The molecular weight excluding hydrogens is 325 g/mol. The Balaban J connectivity index is 1.55. The first-order valence-electron chi connectivity index (χ1n) is 7.98. The predicted molar refractivity (Wildman–Crippen MR) is 90.4 cm³/mol. The zero-order valence-electron chi connectivity index (χ0n) is 13.7. The summed E-state index contributed by atoms with van der Waals surface area (Å²) < 4.78 is 23.4. The van der Waals surface area contributed by atoms with Crippen molar-refractivity contribution in [1.82, 2.24) is 5.32 Å². The molecule has 0 saturated heterocycles. The normalized spacial score (nSPS) is 10.1. The highest BCUT2D eigenvalue weighted by atomic mass is 19.1. The van der Waals surface area contributed by atoms with Crippen LogP contribution < -0.4 is 10.1 Å². The molecule has 0 aromatic heterocycles. The van der Waals surface area contributed by atoms with Gasteiger partial charge >= 0.3 is 5.97 Å². The number of nitrogens with one attached hydrogen (secondary N) is 1. The molecule has 0 heterocycles. The molecule has 5 nitrogen and oxygen atoms in total. The van der Waals surface area contributed by atoms with Gasteiger partial charge in [-0.15, -0.1) is 0 Å². The topological polar surface area (TPSA) is 64.6 Å². The van der Waals surface area contributed by atoms with E-state index in [0.717, 1.165) is 5.56 Å². The van der Waals surface area contributed by atoms with E-state index in [9.17, 15) is 14.0 Å². The molecule has 0 radical (unpaired) electrons. The van der Waals surface area contributed by atoms with Crippen LogP contribution in [0.1, 0.15) is 18.4 Å². The molecule has 0 aliphatic heterocycles. The van der Waals surface area contributed by atoms with Crippen LogP contribution in [0, 0.1) is 5.82 Å². The van der Waals surface area contributed by atoms with Crippen molar-refractivity contribution in [1.29, 1.82) is 0 Å². The van der Waals surface area contributed by atoms with E-state index in [4.69, 9.17) is 9.47 Å². The third kappa shape index (κ3) is 7.48. The monoisotopic (exact) mass is 345 g/mol. The number of amides is 1. The molecule has 2 aromatic carbocycles. The van der Waals surface area contributed by atoms with E-state index in [1.54, 1.807) is 12.1 Å². The molecule has 1 amide bonds. The predicted octanol–water partition coefficient (Wildman–Crippen LogP) is 2.84. The molecule has 0 spiro atoms. The number of carbonyl (C=O) groups is 2. The Kier molecular flexibility index (Phi) is 7.43. The van der Waals surface area contributed by atoms with Gasteiger partial charge in [0.05, 0.1) is 6.61 Å². The molecule has 1 N–H and O–H groups in total. The quantitative estimate of drug-likeness (QED) is 0.561. The second kappa shape index (κ2) is 10.1. The third-order valence-corrected chi connectivity index (χ3v) is 3.29. The molecule has 0 atom stereocenters. The Morgan fingerprint density at radius 3 is 2.60 bits per heavy atom. The first-order chi connectivity index (χ1) is 12.1. The van der Waals surface area contributed by atoms with E-state index < -0.39 is 5.97 Å². The van der Waals surface area contributed by atoms with Gasteiger partial charge in [0.25, 0.3) is 0 Å². The van der Waals surface area contributed by atoms with Gasteiger partial charge in [-0.1, -0.05) is 36.4 Å². The van der Waals surface area contributed by atoms with E-state index in [1.165, 1.54) is 12.1 Å². The lowest BCUT2D eigenvalue weighted by atomic mass is 10.2. The number of ether oxygens (including phenoxy) is 2. The molecule has 0 fully saturated rings. The molecule has 132 valence electrons. The summed E-state index contributed by atoms with van der Waals surface area (Å²) in [5.41, 5.74) is 0.886. The lowest BCUT2D eigenvalue weighted by molar-refractivity contribution is -0.145. The third-order valence-electron chi connectivity index (χ3n) is 3.29. The summed E-state index contributed by atoms with van der Waals surface area (Å²) in [6, 6.07) is 15.1. The fourth-order valence-electron chi connectivity index (χ4n) is 2.03. The largest absolute Gasteiger partial charge is 0.493 e. The number of hydrogen-bond acceptors (Lipinski definition) is 4.